The van der Waals surface area contributed by atoms with Crippen molar-refractivity contribution in [2.75, 3.05) is 7.11 Å². The zero-order valence-electron chi connectivity index (χ0n) is 13.5. The van der Waals surface area contributed by atoms with Crippen LogP contribution in [0.5, 0.6) is 5.75 Å². The van der Waals surface area contributed by atoms with Gasteiger partial charge < -0.3 is 14.4 Å². The van der Waals surface area contributed by atoms with Gasteiger partial charge in [0.25, 0.3) is 0 Å². The van der Waals surface area contributed by atoms with Gasteiger partial charge in [-0.1, -0.05) is 6.92 Å². The van der Waals surface area contributed by atoms with Crippen LogP contribution in [0.2, 0.25) is 0 Å². The number of rotatable bonds is 4. The van der Waals surface area contributed by atoms with Crippen LogP contribution in [0.1, 0.15) is 40.9 Å². The van der Waals surface area contributed by atoms with E-state index in [1.807, 2.05) is 11.5 Å². The maximum atomic E-state index is 13.1. The number of aromatic nitrogens is 2. The highest BCUT2D eigenvalue weighted by molar-refractivity contribution is 9.11. The van der Waals surface area contributed by atoms with Crippen molar-refractivity contribution in [3.63, 3.8) is 0 Å². The third kappa shape index (κ3) is 3.05. The van der Waals surface area contributed by atoms with Crippen molar-refractivity contribution in [3.05, 3.63) is 43.9 Å². The molecule has 7 heteroatoms. The molecule has 1 unspecified atom stereocenters. The van der Waals surface area contributed by atoms with Crippen LogP contribution < -0.4 is 0 Å². The summed E-state index contributed by atoms with van der Waals surface area (Å²) in [6.07, 6.45) is 2.44. The Kier molecular flexibility index (Phi) is 5.13. The van der Waals surface area contributed by atoms with Gasteiger partial charge in [-0.2, -0.15) is 0 Å². The van der Waals surface area contributed by atoms with E-state index in [4.69, 9.17) is 4.74 Å². The standard InChI is InChI=1S/C17H18Br2N2O3/c1-3-13-15(21-5-4-10(24-2)8-14(21)20-13)16(22)9-6-11(18)17(23)12(19)7-9/h6-7,10,23H,3-5,8H2,1-2H3. The van der Waals surface area contributed by atoms with Gasteiger partial charge in [0.15, 0.2) is 0 Å². The number of nitrogens with zero attached hydrogens (tertiary/aromatic N) is 2. The van der Waals surface area contributed by atoms with E-state index >= 15 is 0 Å². The quantitative estimate of drug-likeness (QED) is 0.707. The minimum absolute atomic E-state index is 0.0807. The topological polar surface area (TPSA) is 64.4 Å². The number of phenols is 1. The molecule has 0 saturated carbocycles. The molecular formula is C17H18Br2N2O3. The Morgan fingerprint density at radius 1 is 1.42 bits per heavy atom. The fraction of sp³-hybridized carbons (Fsp3) is 0.412. The van der Waals surface area contributed by atoms with Crippen molar-refractivity contribution in [1.29, 1.82) is 0 Å². The van der Waals surface area contributed by atoms with Gasteiger partial charge in [0, 0.05) is 25.6 Å². The molecule has 1 aromatic carbocycles. The zero-order valence-corrected chi connectivity index (χ0v) is 16.6. The Balaban J connectivity index is 2.06. The molecule has 0 saturated heterocycles. The number of benzene rings is 1. The van der Waals surface area contributed by atoms with Crippen LogP contribution in [-0.2, 0) is 24.1 Å². The number of aromatic hydroxyl groups is 1. The minimum atomic E-state index is -0.0807. The third-order valence-corrected chi connectivity index (χ3v) is 5.58. The van der Waals surface area contributed by atoms with Crippen molar-refractivity contribution in [3.8, 4) is 5.75 Å². The number of carbonyl (C=O) groups excluding carboxylic acids is 1. The molecule has 0 aliphatic carbocycles. The van der Waals surface area contributed by atoms with E-state index in [1.165, 1.54) is 0 Å². The van der Waals surface area contributed by atoms with E-state index in [2.05, 4.69) is 36.8 Å². The van der Waals surface area contributed by atoms with Gasteiger partial charge in [-0.15, -0.1) is 0 Å². The van der Waals surface area contributed by atoms with E-state index in [-0.39, 0.29) is 17.6 Å². The number of methoxy groups -OCH3 is 1. The normalized spacial score (nSPS) is 16.9. The molecular weight excluding hydrogens is 440 g/mol. The maximum absolute atomic E-state index is 13.1. The molecule has 1 aliphatic rings. The SMILES string of the molecule is CCc1nc2n(c1C(=O)c1cc(Br)c(O)c(Br)c1)CCC(OC)C2. The molecule has 1 N–H and O–H groups in total. The monoisotopic (exact) mass is 456 g/mol. The Bertz CT molecular complexity index is 778. The Morgan fingerprint density at radius 2 is 2.08 bits per heavy atom. The Morgan fingerprint density at radius 3 is 2.67 bits per heavy atom. The first-order chi connectivity index (χ1) is 11.5. The largest absolute Gasteiger partial charge is 0.506 e. The number of phenolic OH excluding ortho intramolecular Hbond substituents is 1. The van der Waals surface area contributed by atoms with Gasteiger partial charge in [-0.3, -0.25) is 4.79 Å². The molecule has 0 bridgehead atoms. The second kappa shape index (κ2) is 6.98. The molecule has 5 nitrogen and oxygen atoms in total. The average molecular weight is 458 g/mol. The van der Waals surface area contributed by atoms with Crippen molar-refractivity contribution < 1.29 is 14.6 Å². The summed E-state index contributed by atoms with van der Waals surface area (Å²) < 4.78 is 8.43. The zero-order chi connectivity index (χ0) is 17.4. The van der Waals surface area contributed by atoms with Crippen LogP contribution in [0.4, 0.5) is 0 Å². The van der Waals surface area contributed by atoms with Gasteiger partial charge in [0.2, 0.25) is 5.78 Å². The first-order valence-electron chi connectivity index (χ1n) is 7.80. The van der Waals surface area contributed by atoms with Crippen LogP contribution >= 0.6 is 31.9 Å². The Labute approximate surface area is 157 Å². The van der Waals surface area contributed by atoms with Gasteiger partial charge in [-0.25, -0.2) is 4.98 Å². The molecule has 1 aliphatic heterocycles. The van der Waals surface area contributed by atoms with Crippen LogP contribution in [0.3, 0.4) is 0 Å². The van der Waals surface area contributed by atoms with Crippen molar-refractivity contribution in [2.45, 2.75) is 38.8 Å². The lowest BCUT2D eigenvalue weighted by Gasteiger charge is -2.23. The molecule has 3 rings (SSSR count). The summed E-state index contributed by atoms with van der Waals surface area (Å²) in [4.78, 5) is 17.8. The number of hydrogen-bond donors (Lipinski definition) is 1. The van der Waals surface area contributed by atoms with Crippen LogP contribution in [0.15, 0.2) is 21.1 Å². The maximum Gasteiger partial charge on any atom is 0.211 e. The summed E-state index contributed by atoms with van der Waals surface area (Å²) in [5, 5.41) is 9.86. The van der Waals surface area contributed by atoms with Crippen LogP contribution in [0.25, 0.3) is 0 Å². The predicted octanol–water partition coefficient (Wildman–Crippen LogP) is 3.87. The van der Waals surface area contributed by atoms with E-state index < -0.39 is 0 Å². The average Bonchev–Trinajstić information content (AvgIpc) is 2.95. The van der Waals surface area contributed by atoms with Crippen molar-refractivity contribution in [2.24, 2.45) is 0 Å². The molecule has 0 radical (unpaired) electrons. The highest BCUT2D eigenvalue weighted by Crippen LogP contribution is 2.34. The number of halogens is 2. The highest BCUT2D eigenvalue weighted by Gasteiger charge is 2.28. The van der Waals surface area contributed by atoms with Crippen LogP contribution in [-0.4, -0.2) is 33.7 Å². The fourth-order valence-electron chi connectivity index (χ4n) is 3.06. The second-order valence-electron chi connectivity index (χ2n) is 5.80. The van der Waals surface area contributed by atoms with Crippen molar-refractivity contribution >= 4 is 37.6 Å². The summed E-state index contributed by atoms with van der Waals surface area (Å²) in [6.45, 7) is 2.73. The van der Waals surface area contributed by atoms with Gasteiger partial charge in [-0.05, 0) is 56.8 Å². The molecule has 0 spiro atoms. The van der Waals surface area contributed by atoms with E-state index in [9.17, 15) is 9.90 Å². The molecule has 2 heterocycles. The molecule has 1 atom stereocenters. The highest BCUT2D eigenvalue weighted by atomic mass is 79.9. The fourth-order valence-corrected chi connectivity index (χ4v) is 4.25. The summed E-state index contributed by atoms with van der Waals surface area (Å²) in [5.74, 6) is 0.911. The second-order valence-corrected chi connectivity index (χ2v) is 7.51. The third-order valence-electron chi connectivity index (χ3n) is 4.37. The molecule has 128 valence electrons. The van der Waals surface area contributed by atoms with Gasteiger partial charge in [0.05, 0.1) is 20.7 Å². The van der Waals surface area contributed by atoms with Gasteiger partial charge >= 0.3 is 0 Å². The number of carbonyl (C=O) groups is 1. The molecule has 2 aromatic rings. The number of imidazole rings is 1. The summed E-state index contributed by atoms with van der Waals surface area (Å²) in [5.41, 5.74) is 1.97. The number of ether oxygens (including phenoxy) is 1. The lowest BCUT2D eigenvalue weighted by atomic mass is 10.0. The first-order valence-corrected chi connectivity index (χ1v) is 9.38. The van der Waals surface area contributed by atoms with E-state index in [0.717, 1.165) is 30.9 Å². The summed E-state index contributed by atoms with van der Waals surface area (Å²) in [7, 11) is 1.71. The lowest BCUT2D eigenvalue weighted by Crippen LogP contribution is -2.27. The molecule has 0 amide bonds. The minimum Gasteiger partial charge on any atom is -0.506 e. The number of ketones is 1. The summed E-state index contributed by atoms with van der Waals surface area (Å²) >= 11 is 6.57. The molecule has 1 aromatic heterocycles. The van der Waals surface area contributed by atoms with Crippen molar-refractivity contribution in [1.82, 2.24) is 9.55 Å². The first kappa shape index (κ1) is 17.6. The number of aryl methyl sites for hydroxylation is 1. The van der Waals surface area contributed by atoms with Crippen LogP contribution in [0, 0.1) is 0 Å². The number of hydrogen-bond acceptors (Lipinski definition) is 4. The van der Waals surface area contributed by atoms with E-state index in [1.54, 1.807) is 19.2 Å². The molecule has 24 heavy (non-hydrogen) atoms. The number of fused-ring (bicyclic) bond motifs is 1. The van der Waals surface area contributed by atoms with Gasteiger partial charge in [0.1, 0.15) is 17.3 Å². The summed E-state index contributed by atoms with van der Waals surface area (Å²) in [6, 6.07) is 3.28. The predicted molar refractivity (Wildman–Crippen MR) is 97.7 cm³/mol. The Hall–Kier alpha value is -1.18. The smallest absolute Gasteiger partial charge is 0.211 e. The van der Waals surface area contributed by atoms with E-state index in [0.29, 0.717) is 26.6 Å². The molecule has 0 fully saturated rings. The lowest BCUT2D eigenvalue weighted by molar-refractivity contribution is 0.0784.